The summed E-state index contributed by atoms with van der Waals surface area (Å²) < 4.78 is 0.975. The summed E-state index contributed by atoms with van der Waals surface area (Å²) in [6.45, 7) is 5.87. The summed E-state index contributed by atoms with van der Waals surface area (Å²) in [6, 6.07) is 6.76. The summed E-state index contributed by atoms with van der Waals surface area (Å²) in [5.41, 5.74) is 0.814. The fourth-order valence-corrected chi connectivity index (χ4v) is 3.08. The molecule has 108 valence electrons. The minimum absolute atomic E-state index is 0.0186. The van der Waals surface area contributed by atoms with Crippen molar-refractivity contribution < 1.29 is 9.59 Å². The normalized spacial score (nSPS) is 23.1. The van der Waals surface area contributed by atoms with Gasteiger partial charge in [-0.15, -0.1) is 0 Å². The number of para-hydroxylation sites is 1. The molecule has 1 aromatic rings. The molecule has 1 heterocycles. The molecule has 0 bridgehead atoms. The maximum atomic E-state index is 12.7. The predicted octanol–water partition coefficient (Wildman–Crippen LogP) is 2.56. The molecule has 0 saturated carbocycles. The summed E-state index contributed by atoms with van der Waals surface area (Å²) in [6.07, 6.45) is 0.664. The van der Waals surface area contributed by atoms with Crippen LogP contribution in [0.15, 0.2) is 24.3 Å². The van der Waals surface area contributed by atoms with E-state index < -0.39 is 12.1 Å². The van der Waals surface area contributed by atoms with Crippen LogP contribution >= 0.6 is 22.6 Å². The van der Waals surface area contributed by atoms with E-state index in [2.05, 4.69) is 27.9 Å². The van der Waals surface area contributed by atoms with E-state index in [1.807, 2.05) is 38.1 Å². The predicted molar refractivity (Wildman–Crippen MR) is 87.5 cm³/mol. The van der Waals surface area contributed by atoms with Gasteiger partial charge in [0, 0.05) is 3.57 Å². The fraction of sp³-hybridized carbons (Fsp3) is 0.467. The van der Waals surface area contributed by atoms with Crippen LogP contribution in [0, 0.1) is 9.49 Å². The number of rotatable bonds is 3. The molecule has 0 aromatic heterocycles. The van der Waals surface area contributed by atoms with Crippen LogP contribution in [-0.2, 0) is 9.59 Å². The summed E-state index contributed by atoms with van der Waals surface area (Å²) >= 11 is 2.20. The van der Waals surface area contributed by atoms with Gasteiger partial charge in [0.15, 0.2) is 0 Å². The van der Waals surface area contributed by atoms with E-state index in [-0.39, 0.29) is 11.8 Å². The number of nitrogens with one attached hydrogen (secondary N) is 1. The van der Waals surface area contributed by atoms with Gasteiger partial charge in [-0.1, -0.05) is 26.0 Å². The van der Waals surface area contributed by atoms with Gasteiger partial charge >= 0.3 is 0 Å². The zero-order chi connectivity index (χ0) is 14.9. The van der Waals surface area contributed by atoms with E-state index in [1.54, 1.807) is 11.8 Å². The van der Waals surface area contributed by atoms with Gasteiger partial charge in [0.1, 0.15) is 12.1 Å². The van der Waals surface area contributed by atoms with Crippen molar-refractivity contribution in [3.63, 3.8) is 0 Å². The van der Waals surface area contributed by atoms with Crippen LogP contribution in [0.25, 0.3) is 0 Å². The number of carbonyl (C=O) groups excluding carboxylic acids is 2. The molecule has 2 rings (SSSR count). The van der Waals surface area contributed by atoms with Gasteiger partial charge < -0.3 is 5.32 Å². The van der Waals surface area contributed by atoms with Crippen molar-refractivity contribution in [2.45, 2.75) is 39.3 Å². The van der Waals surface area contributed by atoms with Crippen molar-refractivity contribution >= 4 is 40.1 Å². The Morgan fingerprint density at radius 2 is 1.95 bits per heavy atom. The lowest BCUT2D eigenvalue weighted by atomic mass is 9.98. The number of hydrogen-bond acceptors (Lipinski definition) is 2. The third-order valence-corrected chi connectivity index (χ3v) is 4.35. The Hall–Kier alpha value is -1.11. The second kappa shape index (κ2) is 6.11. The number of nitrogens with zero attached hydrogens (tertiary/aromatic N) is 1. The lowest BCUT2D eigenvalue weighted by Crippen LogP contribution is -2.63. The minimum Gasteiger partial charge on any atom is -0.342 e. The summed E-state index contributed by atoms with van der Waals surface area (Å²) in [5, 5.41) is 2.83. The lowest BCUT2D eigenvalue weighted by molar-refractivity contribution is -0.133. The van der Waals surface area contributed by atoms with Crippen molar-refractivity contribution in [2.24, 2.45) is 5.92 Å². The Balaban J connectivity index is 2.36. The Morgan fingerprint density at radius 3 is 2.55 bits per heavy atom. The van der Waals surface area contributed by atoms with Crippen LogP contribution in [0.3, 0.4) is 0 Å². The van der Waals surface area contributed by atoms with Gasteiger partial charge in [-0.05, 0) is 54.0 Å². The summed E-state index contributed by atoms with van der Waals surface area (Å²) in [4.78, 5) is 26.4. The molecule has 1 aliphatic heterocycles. The van der Waals surface area contributed by atoms with E-state index in [0.29, 0.717) is 12.3 Å². The molecule has 1 N–H and O–H groups in total. The van der Waals surface area contributed by atoms with Crippen LogP contribution in [0.1, 0.15) is 27.2 Å². The van der Waals surface area contributed by atoms with Gasteiger partial charge in [0.25, 0.3) is 0 Å². The fourth-order valence-electron chi connectivity index (χ4n) is 2.44. The molecule has 1 fully saturated rings. The number of amides is 2. The van der Waals surface area contributed by atoms with Gasteiger partial charge in [-0.3, -0.25) is 14.5 Å². The van der Waals surface area contributed by atoms with E-state index in [0.717, 1.165) is 9.26 Å². The molecular weight excluding hydrogens is 367 g/mol. The molecule has 4 nitrogen and oxygen atoms in total. The molecule has 2 atom stereocenters. The average Bonchev–Trinajstić information content (AvgIpc) is 2.38. The Bertz CT molecular complexity index is 530. The van der Waals surface area contributed by atoms with Crippen LogP contribution in [0.4, 0.5) is 5.69 Å². The first-order valence-electron chi connectivity index (χ1n) is 6.79. The standard InChI is InChI=1S/C15H19IN2O2/c1-9(2)8-12-15(20)18(10(3)14(19)17-12)13-7-5-4-6-11(13)16/h4-7,9-10,12H,8H2,1-3H3,(H,17,19). The highest BCUT2D eigenvalue weighted by atomic mass is 127. The Morgan fingerprint density at radius 1 is 1.30 bits per heavy atom. The molecule has 2 unspecified atom stereocenters. The molecule has 1 aliphatic rings. The average molecular weight is 386 g/mol. The summed E-state index contributed by atoms with van der Waals surface area (Å²) in [5.74, 6) is 0.249. The number of carbonyl (C=O) groups is 2. The number of hydrogen-bond donors (Lipinski definition) is 1. The SMILES string of the molecule is CC(C)CC1NC(=O)C(C)N(c2ccccc2I)C1=O. The third-order valence-electron chi connectivity index (χ3n) is 3.44. The molecule has 0 radical (unpaired) electrons. The molecule has 1 aromatic carbocycles. The number of piperazine rings is 1. The van der Waals surface area contributed by atoms with Crippen LogP contribution in [0.2, 0.25) is 0 Å². The van der Waals surface area contributed by atoms with E-state index >= 15 is 0 Å². The van der Waals surface area contributed by atoms with Gasteiger partial charge in [0.05, 0.1) is 5.69 Å². The highest BCUT2D eigenvalue weighted by Crippen LogP contribution is 2.27. The zero-order valence-corrected chi connectivity index (χ0v) is 14.0. The zero-order valence-electron chi connectivity index (χ0n) is 11.9. The van der Waals surface area contributed by atoms with Crippen LogP contribution < -0.4 is 10.2 Å². The highest BCUT2D eigenvalue weighted by Gasteiger charge is 2.39. The molecule has 5 heteroatoms. The van der Waals surface area contributed by atoms with Crippen molar-refractivity contribution in [3.8, 4) is 0 Å². The number of halogens is 1. The van der Waals surface area contributed by atoms with E-state index in [9.17, 15) is 9.59 Å². The van der Waals surface area contributed by atoms with Gasteiger partial charge in [0.2, 0.25) is 11.8 Å². The topological polar surface area (TPSA) is 49.4 Å². The van der Waals surface area contributed by atoms with Crippen molar-refractivity contribution in [2.75, 3.05) is 4.90 Å². The van der Waals surface area contributed by atoms with Crippen molar-refractivity contribution in [1.29, 1.82) is 0 Å². The Kier molecular flexibility index (Phi) is 4.67. The van der Waals surface area contributed by atoms with E-state index in [4.69, 9.17) is 0 Å². The van der Waals surface area contributed by atoms with Crippen molar-refractivity contribution in [1.82, 2.24) is 5.32 Å². The molecule has 20 heavy (non-hydrogen) atoms. The monoisotopic (exact) mass is 386 g/mol. The maximum absolute atomic E-state index is 12.7. The van der Waals surface area contributed by atoms with Crippen LogP contribution in [-0.4, -0.2) is 23.9 Å². The second-order valence-corrected chi connectivity index (χ2v) is 6.69. The van der Waals surface area contributed by atoms with E-state index in [1.165, 1.54) is 0 Å². The first-order valence-corrected chi connectivity index (χ1v) is 7.87. The first kappa shape index (κ1) is 15.3. The highest BCUT2D eigenvalue weighted by molar-refractivity contribution is 14.1. The number of benzene rings is 1. The quantitative estimate of drug-likeness (QED) is 0.812. The van der Waals surface area contributed by atoms with Crippen LogP contribution in [0.5, 0.6) is 0 Å². The molecule has 0 aliphatic carbocycles. The van der Waals surface area contributed by atoms with Gasteiger partial charge in [-0.2, -0.15) is 0 Å². The van der Waals surface area contributed by atoms with Crippen molar-refractivity contribution in [3.05, 3.63) is 27.8 Å². The third kappa shape index (κ3) is 2.97. The molecule has 0 spiro atoms. The first-order chi connectivity index (χ1) is 9.41. The van der Waals surface area contributed by atoms with Gasteiger partial charge in [-0.25, -0.2) is 0 Å². The largest absolute Gasteiger partial charge is 0.342 e. The summed E-state index contributed by atoms with van der Waals surface area (Å²) in [7, 11) is 0. The lowest BCUT2D eigenvalue weighted by Gasteiger charge is -2.38. The maximum Gasteiger partial charge on any atom is 0.250 e. The molecule has 2 amide bonds. The second-order valence-electron chi connectivity index (χ2n) is 5.53. The Labute approximate surface area is 133 Å². The number of anilines is 1. The molecule has 1 saturated heterocycles. The molecular formula is C15H19IN2O2. The smallest absolute Gasteiger partial charge is 0.250 e. The minimum atomic E-state index is -0.471.